The van der Waals surface area contributed by atoms with Gasteiger partial charge in [0.1, 0.15) is 0 Å². The number of rotatable bonds is 3. The van der Waals surface area contributed by atoms with Crippen molar-refractivity contribution < 1.29 is 9.90 Å². The molecular weight excluding hydrogens is 303 g/mol. The molecule has 0 radical (unpaired) electrons. The molecule has 1 N–H and O–H groups in total. The normalized spacial score (nSPS) is 12.5. The quantitative estimate of drug-likeness (QED) is 0.843. The van der Waals surface area contributed by atoms with Crippen LogP contribution in [0.25, 0.3) is 0 Å². The van der Waals surface area contributed by atoms with Crippen molar-refractivity contribution in [3.05, 3.63) is 32.2 Å². The van der Waals surface area contributed by atoms with Gasteiger partial charge in [-0.3, -0.25) is 4.79 Å². The van der Waals surface area contributed by atoms with Crippen molar-refractivity contribution in [2.24, 2.45) is 0 Å². The Morgan fingerprint density at radius 2 is 2.07 bits per heavy atom. The lowest BCUT2D eigenvalue weighted by atomic mass is 9.97. The monoisotopic (exact) mass is 310 g/mol. The van der Waals surface area contributed by atoms with Gasteiger partial charge < -0.3 is 5.11 Å². The Bertz CT molecular complexity index is 393. The van der Waals surface area contributed by atoms with Crippen LogP contribution in [0.3, 0.4) is 0 Å². The van der Waals surface area contributed by atoms with E-state index < -0.39 is 11.9 Å². The van der Waals surface area contributed by atoms with E-state index in [1.165, 1.54) is 0 Å². The summed E-state index contributed by atoms with van der Waals surface area (Å²) in [7, 11) is 0. The zero-order valence-electron chi connectivity index (χ0n) is 7.93. The molecule has 0 bridgehead atoms. The third kappa shape index (κ3) is 2.86. The summed E-state index contributed by atoms with van der Waals surface area (Å²) >= 11 is 15.0. The van der Waals surface area contributed by atoms with Crippen molar-refractivity contribution in [2.45, 2.75) is 19.3 Å². The highest BCUT2D eigenvalue weighted by Gasteiger charge is 2.21. The van der Waals surface area contributed by atoms with Gasteiger partial charge in [0.15, 0.2) is 0 Å². The molecule has 1 aromatic carbocycles. The third-order valence-electron chi connectivity index (χ3n) is 2.12. The van der Waals surface area contributed by atoms with Gasteiger partial charge in [-0.25, -0.2) is 0 Å². The minimum Gasteiger partial charge on any atom is -0.481 e. The van der Waals surface area contributed by atoms with Crippen molar-refractivity contribution in [1.29, 1.82) is 0 Å². The molecule has 0 aromatic heterocycles. The summed E-state index contributed by atoms with van der Waals surface area (Å²) in [5.74, 6) is -1.47. The Kier molecular flexibility index (Phi) is 4.44. The van der Waals surface area contributed by atoms with Gasteiger partial charge in [0, 0.05) is 9.50 Å². The number of hydrogen-bond acceptors (Lipinski definition) is 1. The van der Waals surface area contributed by atoms with Crippen LogP contribution in [-0.2, 0) is 4.79 Å². The predicted octanol–water partition coefficient (Wildman–Crippen LogP) is 4.33. The molecule has 0 fully saturated rings. The Hall–Kier alpha value is -0.250. The fourth-order valence-electron chi connectivity index (χ4n) is 1.33. The molecule has 1 rings (SSSR count). The van der Waals surface area contributed by atoms with E-state index in [4.69, 9.17) is 28.3 Å². The molecule has 0 saturated heterocycles. The van der Waals surface area contributed by atoms with Gasteiger partial charge in [-0.05, 0) is 40.0 Å². The third-order valence-corrected chi connectivity index (χ3v) is 3.65. The summed E-state index contributed by atoms with van der Waals surface area (Å²) in [6.45, 7) is 1.80. The maximum absolute atomic E-state index is 11.0. The number of hydrogen-bond donors (Lipinski definition) is 1. The summed E-state index contributed by atoms with van der Waals surface area (Å²) in [5.41, 5.74) is 0.586. The van der Waals surface area contributed by atoms with Crippen LogP contribution >= 0.6 is 39.1 Å². The van der Waals surface area contributed by atoms with Crippen molar-refractivity contribution in [1.82, 2.24) is 0 Å². The molecule has 0 saturated carbocycles. The minimum absolute atomic E-state index is 0.387. The van der Waals surface area contributed by atoms with E-state index in [1.807, 2.05) is 0 Å². The number of halogens is 3. The summed E-state index contributed by atoms with van der Waals surface area (Å²) < 4.78 is 0.656. The highest BCUT2D eigenvalue weighted by Crippen LogP contribution is 2.34. The predicted molar refractivity (Wildman–Crippen MR) is 64.8 cm³/mol. The molecule has 0 amide bonds. The topological polar surface area (TPSA) is 37.3 Å². The fraction of sp³-hybridized carbons (Fsp3) is 0.300. The van der Waals surface area contributed by atoms with Gasteiger partial charge in [0.05, 0.1) is 10.9 Å². The highest BCUT2D eigenvalue weighted by molar-refractivity contribution is 9.10. The van der Waals surface area contributed by atoms with Crippen LogP contribution in [0.5, 0.6) is 0 Å². The van der Waals surface area contributed by atoms with E-state index in [2.05, 4.69) is 15.9 Å². The van der Waals surface area contributed by atoms with Crippen molar-refractivity contribution >= 4 is 45.1 Å². The number of carboxylic acids is 1. The van der Waals surface area contributed by atoms with Crippen LogP contribution in [0.2, 0.25) is 10.0 Å². The first kappa shape index (κ1) is 12.8. The molecule has 0 aliphatic carbocycles. The van der Waals surface area contributed by atoms with Crippen LogP contribution < -0.4 is 0 Å². The largest absolute Gasteiger partial charge is 0.481 e. The smallest absolute Gasteiger partial charge is 0.311 e. The molecule has 2 nitrogen and oxygen atoms in total. The van der Waals surface area contributed by atoms with E-state index >= 15 is 0 Å². The van der Waals surface area contributed by atoms with E-state index in [1.54, 1.807) is 19.1 Å². The maximum atomic E-state index is 11.0. The van der Waals surface area contributed by atoms with Crippen molar-refractivity contribution in [3.63, 3.8) is 0 Å². The first-order valence-electron chi connectivity index (χ1n) is 4.34. The molecule has 15 heavy (non-hydrogen) atoms. The Balaban J connectivity index is 3.24. The Labute approximate surface area is 106 Å². The molecule has 5 heteroatoms. The molecule has 0 spiro atoms. The van der Waals surface area contributed by atoms with Crippen molar-refractivity contribution in [2.75, 3.05) is 0 Å². The zero-order chi connectivity index (χ0) is 11.6. The summed E-state index contributed by atoms with van der Waals surface area (Å²) in [4.78, 5) is 11.0. The van der Waals surface area contributed by atoms with E-state index in [9.17, 15) is 4.79 Å². The minimum atomic E-state index is -0.881. The number of carboxylic acid groups (broad SMARTS) is 1. The molecular formula is C10H9BrCl2O2. The average Bonchev–Trinajstić information content (AvgIpc) is 2.14. The summed E-state index contributed by atoms with van der Waals surface area (Å²) in [5, 5.41) is 9.87. The van der Waals surface area contributed by atoms with Gasteiger partial charge in [-0.1, -0.05) is 30.1 Å². The Morgan fingerprint density at radius 3 is 2.53 bits per heavy atom. The molecule has 1 unspecified atom stereocenters. The van der Waals surface area contributed by atoms with E-state index in [0.29, 0.717) is 26.5 Å². The van der Waals surface area contributed by atoms with Crippen LogP contribution in [0, 0.1) is 0 Å². The molecule has 1 atom stereocenters. The second-order valence-electron chi connectivity index (χ2n) is 3.09. The maximum Gasteiger partial charge on any atom is 0.311 e. The average molecular weight is 312 g/mol. The molecule has 0 heterocycles. The number of aliphatic carboxylic acids is 1. The van der Waals surface area contributed by atoms with Crippen LogP contribution in [-0.4, -0.2) is 11.1 Å². The second kappa shape index (κ2) is 5.19. The lowest BCUT2D eigenvalue weighted by Crippen LogP contribution is -2.11. The first-order valence-corrected chi connectivity index (χ1v) is 5.89. The lowest BCUT2D eigenvalue weighted by molar-refractivity contribution is -0.138. The molecule has 82 valence electrons. The Morgan fingerprint density at radius 1 is 1.47 bits per heavy atom. The second-order valence-corrected chi connectivity index (χ2v) is 4.76. The standard InChI is InChI=1S/C10H9BrCl2O2/c1-2-5(10(14)15)6-3-7(11)9(13)4-8(6)12/h3-5H,2H2,1H3,(H,14,15). The van der Waals surface area contributed by atoms with E-state index in [0.717, 1.165) is 0 Å². The SMILES string of the molecule is CCC(C(=O)O)c1cc(Br)c(Cl)cc1Cl. The van der Waals surface area contributed by atoms with Crippen molar-refractivity contribution in [3.8, 4) is 0 Å². The van der Waals surface area contributed by atoms with Gasteiger partial charge in [-0.2, -0.15) is 0 Å². The summed E-state index contributed by atoms with van der Waals surface area (Å²) in [6, 6.07) is 3.21. The van der Waals surface area contributed by atoms with Gasteiger partial charge in [0.2, 0.25) is 0 Å². The lowest BCUT2D eigenvalue weighted by Gasteiger charge is -2.13. The van der Waals surface area contributed by atoms with Crippen LogP contribution in [0.15, 0.2) is 16.6 Å². The van der Waals surface area contributed by atoms with E-state index in [-0.39, 0.29) is 0 Å². The first-order chi connectivity index (χ1) is 6.97. The number of carbonyl (C=O) groups is 1. The molecule has 0 aliphatic heterocycles. The molecule has 0 aliphatic rings. The van der Waals surface area contributed by atoms with Crippen LogP contribution in [0.1, 0.15) is 24.8 Å². The highest BCUT2D eigenvalue weighted by atomic mass is 79.9. The van der Waals surface area contributed by atoms with Gasteiger partial charge in [0.25, 0.3) is 0 Å². The van der Waals surface area contributed by atoms with Gasteiger partial charge >= 0.3 is 5.97 Å². The fourth-order valence-corrected chi connectivity index (χ4v) is 2.21. The number of benzene rings is 1. The molecule has 1 aromatic rings. The zero-order valence-corrected chi connectivity index (χ0v) is 11.0. The van der Waals surface area contributed by atoms with Crippen LogP contribution in [0.4, 0.5) is 0 Å². The summed E-state index contributed by atoms with van der Waals surface area (Å²) in [6.07, 6.45) is 0.489. The van der Waals surface area contributed by atoms with Gasteiger partial charge in [-0.15, -0.1) is 0 Å².